The molecule has 104 valence electrons. The smallest absolute Gasteiger partial charge is 0.203 e. The van der Waals surface area contributed by atoms with Gasteiger partial charge in [-0.1, -0.05) is 0 Å². The zero-order valence-corrected chi connectivity index (χ0v) is 12.4. The number of imidazole rings is 1. The summed E-state index contributed by atoms with van der Waals surface area (Å²) in [4.78, 5) is 5.72. The van der Waals surface area contributed by atoms with Crippen LogP contribution in [-0.2, 0) is 17.8 Å². The Labute approximate surface area is 118 Å². The van der Waals surface area contributed by atoms with Crippen LogP contribution in [0.2, 0.25) is 0 Å². The van der Waals surface area contributed by atoms with E-state index in [2.05, 4.69) is 33.2 Å². The number of hydrogen-bond acceptors (Lipinski definition) is 4. The number of aryl methyl sites for hydroxylation is 2. The highest BCUT2D eigenvalue weighted by Gasteiger charge is 2.04. The first-order chi connectivity index (χ1) is 9.31. The summed E-state index contributed by atoms with van der Waals surface area (Å²) in [6.07, 6.45) is 4.86. The van der Waals surface area contributed by atoms with Crippen molar-refractivity contribution < 1.29 is 4.74 Å². The van der Waals surface area contributed by atoms with Gasteiger partial charge in [0.25, 0.3) is 0 Å². The van der Waals surface area contributed by atoms with Crippen LogP contribution in [0.15, 0.2) is 23.8 Å². The lowest BCUT2D eigenvalue weighted by molar-refractivity contribution is 0.142. The molecule has 1 N–H and O–H groups in total. The van der Waals surface area contributed by atoms with Crippen molar-refractivity contribution in [1.82, 2.24) is 9.55 Å². The van der Waals surface area contributed by atoms with Crippen molar-refractivity contribution in [3.05, 3.63) is 34.3 Å². The van der Waals surface area contributed by atoms with Gasteiger partial charge in [-0.2, -0.15) is 0 Å². The third-order valence-corrected chi connectivity index (χ3v) is 4.01. The van der Waals surface area contributed by atoms with E-state index < -0.39 is 0 Å². The molecule has 2 rings (SSSR count). The lowest BCUT2D eigenvalue weighted by Crippen LogP contribution is -2.08. The highest BCUT2D eigenvalue weighted by molar-refractivity contribution is 7.10. The maximum absolute atomic E-state index is 5.35. The fourth-order valence-corrected chi connectivity index (χ4v) is 2.73. The fraction of sp³-hybridized carbons (Fsp3) is 0.500. The Morgan fingerprint density at radius 2 is 2.37 bits per heavy atom. The Kier molecular flexibility index (Phi) is 5.42. The number of ether oxygens (including phenoxy) is 1. The second-order valence-corrected chi connectivity index (χ2v) is 5.38. The van der Waals surface area contributed by atoms with Gasteiger partial charge in [0.1, 0.15) is 0 Å². The molecule has 2 heterocycles. The van der Waals surface area contributed by atoms with Crippen molar-refractivity contribution in [3.8, 4) is 0 Å². The van der Waals surface area contributed by atoms with Crippen molar-refractivity contribution in [2.45, 2.75) is 33.4 Å². The van der Waals surface area contributed by atoms with Gasteiger partial charge in [-0.3, -0.25) is 0 Å². The highest BCUT2D eigenvalue weighted by Crippen LogP contribution is 2.17. The minimum atomic E-state index is 0.784. The quantitative estimate of drug-likeness (QED) is 0.754. The summed E-state index contributed by atoms with van der Waals surface area (Å²) in [5, 5.41) is 5.52. The number of hydrogen-bond donors (Lipinski definition) is 1. The van der Waals surface area contributed by atoms with Crippen molar-refractivity contribution in [2.24, 2.45) is 0 Å². The topological polar surface area (TPSA) is 39.1 Å². The number of aromatic nitrogens is 2. The summed E-state index contributed by atoms with van der Waals surface area (Å²) >= 11 is 1.78. The Morgan fingerprint density at radius 3 is 3.11 bits per heavy atom. The Hall–Kier alpha value is -1.33. The van der Waals surface area contributed by atoms with E-state index >= 15 is 0 Å². The molecule has 5 heteroatoms. The maximum atomic E-state index is 5.35. The van der Waals surface area contributed by atoms with Gasteiger partial charge in [-0.05, 0) is 37.3 Å². The monoisotopic (exact) mass is 279 g/mol. The molecule has 0 atom stereocenters. The lowest BCUT2D eigenvalue weighted by atomic mass is 10.3. The van der Waals surface area contributed by atoms with Gasteiger partial charge in [0.15, 0.2) is 0 Å². The van der Waals surface area contributed by atoms with Gasteiger partial charge in [0, 0.05) is 37.0 Å². The van der Waals surface area contributed by atoms with E-state index in [4.69, 9.17) is 4.74 Å². The summed E-state index contributed by atoms with van der Waals surface area (Å²) in [6.45, 7) is 7.53. The predicted octanol–water partition coefficient (Wildman–Crippen LogP) is 3.29. The molecular formula is C14H21N3OS. The average Bonchev–Trinajstić information content (AvgIpc) is 3.01. The largest absolute Gasteiger partial charge is 0.382 e. The molecule has 0 spiro atoms. The van der Waals surface area contributed by atoms with Gasteiger partial charge in [-0.15, -0.1) is 11.3 Å². The minimum Gasteiger partial charge on any atom is -0.382 e. The Balaban J connectivity index is 1.83. The van der Waals surface area contributed by atoms with Crippen LogP contribution >= 0.6 is 11.3 Å². The summed E-state index contributed by atoms with van der Waals surface area (Å²) in [6, 6.07) is 2.15. The molecule has 0 aromatic carbocycles. The number of anilines is 1. The van der Waals surface area contributed by atoms with E-state index in [1.54, 1.807) is 11.3 Å². The van der Waals surface area contributed by atoms with Gasteiger partial charge in [-0.25, -0.2) is 4.98 Å². The molecule has 2 aromatic heterocycles. The van der Waals surface area contributed by atoms with E-state index in [0.717, 1.165) is 38.7 Å². The molecule has 2 aromatic rings. The van der Waals surface area contributed by atoms with E-state index in [1.807, 2.05) is 19.3 Å². The number of nitrogens with zero attached hydrogens (tertiary/aromatic N) is 2. The van der Waals surface area contributed by atoms with Crippen LogP contribution in [0.3, 0.4) is 0 Å². The summed E-state index contributed by atoms with van der Waals surface area (Å²) in [5.41, 5.74) is 1.34. The molecule has 4 nitrogen and oxygen atoms in total. The molecule has 0 saturated carbocycles. The first-order valence-electron chi connectivity index (χ1n) is 6.67. The molecule has 0 amide bonds. The van der Waals surface area contributed by atoms with Crippen LogP contribution in [0, 0.1) is 6.92 Å². The van der Waals surface area contributed by atoms with Crippen LogP contribution in [0.4, 0.5) is 5.95 Å². The molecule has 0 bridgehead atoms. The molecular weight excluding hydrogens is 258 g/mol. The summed E-state index contributed by atoms with van der Waals surface area (Å²) in [7, 11) is 0. The molecule has 0 fully saturated rings. The van der Waals surface area contributed by atoms with Crippen LogP contribution in [0.1, 0.15) is 23.8 Å². The Bertz CT molecular complexity index is 492. The molecule has 0 aliphatic carbocycles. The van der Waals surface area contributed by atoms with Crippen LogP contribution in [0.25, 0.3) is 0 Å². The second kappa shape index (κ2) is 7.31. The highest BCUT2D eigenvalue weighted by atomic mass is 32.1. The third-order valence-electron chi connectivity index (χ3n) is 2.98. The fourth-order valence-electron chi connectivity index (χ4n) is 1.88. The lowest BCUT2D eigenvalue weighted by Gasteiger charge is -2.09. The van der Waals surface area contributed by atoms with E-state index in [0.29, 0.717) is 0 Å². The van der Waals surface area contributed by atoms with Crippen molar-refractivity contribution in [2.75, 3.05) is 18.5 Å². The SMILES string of the molecule is CCOCCCn1ccnc1NCc1sccc1C. The second-order valence-electron chi connectivity index (χ2n) is 4.38. The van der Waals surface area contributed by atoms with Gasteiger partial charge in [0.05, 0.1) is 6.54 Å². The average molecular weight is 279 g/mol. The van der Waals surface area contributed by atoms with Gasteiger partial charge >= 0.3 is 0 Å². The number of nitrogens with one attached hydrogen (secondary N) is 1. The van der Waals surface area contributed by atoms with Crippen molar-refractivity contribution in [1.29, 1.82) is 0 Å². The van der Waals surface area contributed by atoms with Gasteiger partial charge in [0.2, 0.25) is 5.95 Å². The molecule has 0 radical (unpaired) electrons. The van der Waals surface area contributed by atoms with E-state index in [9.17, 15) is 0 Å². The zero-order valence-electron chi connectivity index (χ0n) is 11.6. The number of rotatable bonds is 8. The zero-order chi connectivity index (χ0) is 13.5. The minimum absolute atomic E-state index is 0.784. The van der Waals surface area contributed by atoms with Crippen LogP contribution in [0.5, 0.6) is 0 Å². The van der Waals surface area contributed by atoms with Crippen LogP contribution in [-0.4, -0.2) is 22.8 Å². The Morgan fingerprint density at radius 1 is 1.47 bits per heavy atom. The number of thiophene rings is 1. The molecule has 0 aliphatic heterocycles. The maximum Gasteiger partial charge on any atom is 0.203 e. The molecule has 19 heavy (non-hydrogen) atoms. The van der Waals surface area contributed by atoms with E-state index in [1.165, 1.54) is 10.4 Å². The third kappa shape index (κ3) is 4.08. The van der Waals surface area contributed by atoms with Crippen LogP contribution < -0.4 is 5.32 Å². The van der Waals surface area contributed by atoms with Crippen molar-refractivity contribution >= 4 is 17.3 Å². The molecule has 0 saturated heterocycles. The predicted molar refractivity (Wildman–Crippen MR) is 79.7 cm³/mol. The van der Waals surface area contributed by atoms with E-state index in [-0.39, 0.29) is 0 Å². The van der Waals surface area contributed by atoms with Crippen molar-refractivity contribution in [3.63, 3.8) is 0 Å². The standard InChI is InChI=1S/C14H21N3OS/c1-3-18-9-4-7-17-8-6-15-14(17)16-11-13-12(2)5-10-19-13/h5-6,8,10H,3-4,7,9,11H2,1-2H3,(H,15,16). The first kappa shape index (κ1) is 14.1. The normalized spacial score (nSPS) is 10.8. The molecule has 0 unspecified atom stereocenters. The van der Waals surface area contributed by atoms with Gasteiger partial charge < -0.3 is 14.6 Å². The summed E-state index contributed by atoms with van der Waals surface area (Å²) in [5.74, 6) is 0.935. The molecule has 0 aliphatic rings. The summed E-state index contributed by atoms with van der Waals surface area (Å²) < 4.78 is 7.49. The first-order valence-corrected chi connectivity index (χ1v) is 7.55.